The van der Waals surface area contributed by atoms with E-state index in [4.69, 9.17) is 4.74 Å². The molecule has 1 saturated heterocycles. The van der Waals surface area contributed by atoms with E-state index >= 15 is 0 Å². The van der Waals surface area contributed by atoms with Crippen LogP contribution in [0.2, 0.25) is 0 Å². The zero-order valence-electron chi connectivity index (χ0n) is 19.0. The molecule has 31 heavy (non-hydrogen) atoms. The summed E-state index contributed by atoms with van der Waals surface area (Å²) in [5.41, 5.74) is 2.31. The summed E-state index contributed by atoms with van der Waals surface area (Å²) in [6, 6.07) is 15.2. The van der Waals surface area contributed by atoms with Crippen LogP contribution in [-0.4, -0.2) is 68.0 Å². The molecule has 0 aliphatic carbocycles. The fourth-order valence-corrected chi connectivity index (χ4v) is 4.13. The van der Waals surface area contributed by atoms with Gasteiger partial charge in [0.2, 0.25) is 5.91 Å². The molecule has 1 aliphatic rings. The zero-order valence-corrected chi connectivity index (χ0v) is 19.0. The number of amides is 2. The number of carbonyl (C=O) groups is 2. The van der Waals surface area contributed by atoms with Gasteiger partial charge in [0.25, 0.3) is 5.91 Å². The molecule has 6 nitrogen and oxygen atoms in total. The van der Waals surface area contributed by atoms with E-state index in [1.165, 1.54) is 0 Å². The van der Waals surface area contributed by atoms with E-state index in [-0.39, 0.29) is 11.8 Å². The molecule has 0 spiro atoms. The lowest BCUT2D eigenvalue weighted by Crippen LogP contribution is -2.54. The number of aryl methyl sites for hydroxylation is 1. The molecule has 1 N–H and O–H groups in total. The van der Waals surface area contributed by atoms with Crippen molar-refractivity contribution in [1.82, 2.24) is 15.1 Å². The van der Waals surface area contributed by atoms with Crippen LogP contribution in [0.25, 0.3) is 0 Å². The fraction of sp³-hybridized carbons (Fsp3) is 0.440. The Labute approximate surface area is 185 Å². The van der Waals surface area contributed by atoms with Gasteiger partial charge in [0.1, 0.15) is 5.75 Å². The van der Waals surface area contributed by atoms with Crippen molar-refractivity contribution in [3.63, 3.8) is 0 Å². The molecular weight excluding hydrogens is 390 g/mol. The molecule has 2 aromatic carbocycles. The second-order valence-corrected chi connectivity index (χ2v) is 8.56. The molecule has 0 aromatic heterocycles. The van der Waals surface area contributed by atoms with Crippen LogP contribution in [0, 0.1) is 6.92 Å². The fourth-order valence-electron chi connectivity index (χ4n) is 4.13. The molecular formula is C25H33N3O3. The van der Waals surface area contributed by atoms with E-state index in [1.807, 2.05) is 30.9 Å². The number of nitrogens with one attached hydrogen (secondary N) is 1. The van der Waals surface area contributed by atoms with E-state index in [0.29, 0.717) is 25.2 Å². The highest BCUT2D eigenvalue weighted by Crippen LogP contribution is 2.28. The first-order valence-electron chi connectivity index (χ1n) is 10.8. The maximum atomic E-state index is 13.2. The summed E-state index contributed by atoms with van der Waals surface area (Å²) >= 11 is 0. The van der Waals surface area contributed by atoms with Gasteiger partial charge in [-0.2, -0.15) is 0 Å². The Morgan fingerprint density at radius 2 is 1.65 bits per heavy atom. The van der Waals surface area contributed by atoms with Gasteiger partial charge in [-0.3, -0.25) is 14.5 Å². The van der Waals surface area contributed by atoms with Crippen molar-refractivity contribution >= 4 is 11.8 Å². The number of benzene rings is 2. The average Bonchev–Trinajstić information content (AvgIpc) is 2.79. The minimum absolute atomic E-state index is 0.0866. The molecule has 166 valence electrons. The molecule has 0 radical (unpaired) electrons. The second-order valence-electron chi connectivity index (χ2n) is 8.56. The molecule has 0 saturated carbocycles. The van der Waals surface area contributed by atoms with E-state index < -0.39 is 5.41 Å². The number of methoxy groups -OCH3 is 1. The quantitative estimate of drug-likeness (QED) is 0.744. The molecule has 0 bridgehead atoms. The highest BCUT2D eigenvalue weighted by molar-refractivity contribution is 5.94. The maximum Gasteiger partial charge on any atom is 0.251 e. The lowest BCUT2D eigenvalue weighted by atomic mass is 9.80. The summed E-state index contributed by atoms with van der Waals surface area (Å²) in [4.78, 5) is 29.8. The van der Waals surface area contributed by atoms with Crippen molar-refractivity contribution in [1.29, 1.82) is 0 Å². The van der Waals surface area contributed by atoms with Crippen molar-refractivity contribution in [3.8, 4) is 5.75 Å². The van der Waals surface area contributed by atoms with Gasteiger partial charge in [0, 0.05) is 44.8 Å². The predicted molar refractivity (Wildman–Crippen MR) is 123 cm³/mol. The summed E-state index contributed by atoms with van der Waals surface area (Å²) in [5, 5.41) is 2.97. The average molecular weight is 424 g/mol. The lowest BCUT2D eigenvalue weighted by Gasteiger charge is -2.39. The van der Waals surface area contributed by atoms with Crippen LogP contribution < -0.4 is 10.1 Å². The number of rotatable bonds is 7. The summed E-state index contributed by atoms with van der Waals surface area (Å²) in [6.07, 6.45) is 0. The topological polar surface area (TPSA) is 61.9 Å². The van der Waals surface area contributed by atoms with E-state index in [1.54, 1.807) is 31.4 Å². The lowest BCUT2D eigenvalue weighted by molar-refractivity contribution is -0.138. The van der Waals surface area contributed by atoms with Gasteiger partial charge in [-0.1, -0.05) is 24.3 Å². The van der Waals surface area contributed by atoms with Gasteiger partial charge in [0.15, 0.2) is 0 Å². The summed E-state index contributed by atoms with van der Waals surface area (Å²) < 4.78 is 5.12. The van der Waals surface area contributed by atoms with Crippen LogP contribution in [0.15, 0.2) is 48.5 Å². The van der Waals surface area contributed by atoms with Crippen molar-refractivity contribution in [3.05, 3.63) is 65.2 Å². The first-order chi connectivity index (χ1) is 14.8. The third kappa shape index (κ3) is 5.44. The Balaban J connectivity index is 1.45. The third-order valence-corrected chi connectivity index (χ3v) is 6.08. The molecule has 0 atom stereocenters. The Hall–Kier alpha value is -2.86. The van der Waals surface area contributed by atoms with Crippen molar-refractivity contribution in [2.24, 2.45) is 0 Å². The van der Waals surface area contributed by atoms with Gasteiger partial charge in [0.05, 0.1) is 12.5 Å². The molecule has 6 heteroatoms. The highest BCUT2D eigenvalue weighted by Gasteiger charge is 2.35. The van der Waals surface area contributed by atoms with E-state index in [9.17, 15) is 9.59 Å². The smallest absolute Gasteiger partial charge is 0.251 e. The van der Waals surface area contributed by atoms with Gasteiger partial charge in [-0.25, -0.2) is 0 Å². The molecule has 1 aliphatic heterocycles. The predicted octanol–water partition coefficient (Wildman–Crippen LogP) is 2.86. The zero-order chi connectivity index (χ0) is 22.4. The SMILES string of the molecule is COc1ccc(C(=O)NCCN2CCN(C(=O)C(C)(C)c3ccccc3C)CC2)cc1. The molecule has 1 fully saturated rings. The van der Waals surface area contributed by atoms with Crippen LogP contribution in [0.5, 0.6) is 5.75 Å². The molecule has 1 heterocycles. The first kappa shape index (κ1) is 22.8. The van der Waals surface area contributed by atoms with Crippen molar-refractivity contribution in [2.45, 2.75) is 26.2 Å². The number of hydrogen-bond donors (Lipinski definition) is 1. The Morgan fingerprint density at radius 1 is 1.00 bits per heavy atom. The number of ether oxygens (including phenoxy) is 1. The molecule has 3 rings (SSSR count). The number of nitrogens with zero attached hydrogens (tertiary/aromatic N) is 2. The highest BCUT2D eigenvalue weighted by atomic mass is 16.5. The summed E-state index contributed by atoms with van der Waals surface area (Å²) in [7, 11) is 1.60. The number of carbonyl (C=O) groups excluding carboxylic acids is 2. The Bertz CT molecular complexity index is 900. The van der Waals surface area contributed by atoms with Gasteiger partial charge < -0.3 is 15.0 Å². The Kier molecular flexibility index (Phi) is 7.33. The molecule has 2 amide bonds. The van der Waals surface area contributed by atoms with Crippen LogP contribution in [0.4, 0.5) is 0 Å². The monoisotopic (exact) mass is 423 g/mol. The molecule has 0 unspecified atom stereocenters. The number of hydrogen-bond acceptors (Lipinski definition) is 4. The van der Waals surface area contributed by atoms with E-state index in [2.05, 4.69) is 29.3 Å². The maximum absolute atomic E-state index is 13.2. The van der Waals surface area contributed by atoms with Gasteiger partial charge in [-0.15, -0.1) is 0 Å². The third-order valence-electron chi connectivity index (χ3n) is 6.08. The Morgan fingerprint density at radius 3 is 2.26 bits per heavy atom. The van der Waals surface area contributed by atoms with Gasteiger partial charge in [-0.05, 0) is 56.2 Å². The van der Waals surface area contributed by atoms with Crippen LogP contribution in [0.3, 0.4) is 0 Å². The minimum Gasteiger partial charge on any atom is -0.497 e. The van der Waals surface area contributed by atoms with Crippen LogP contribution in [-0.2, 0) is 10.2 Å². The largest absolute Gasteiger partial charge is 0.497 e. The number of piperazine rings is 1. The van der Waals surface area contributed by atoms with Gasteiger partial charge >= 0.3 is 0 Å². The summed E-state index contributed by atoms with van der Waals surface area (Å²) in [5.74, 6) is 0.820. The van der Waals surface area contributed by atoms with Crippen LogP contribution >= 0.6 is 0 Å². The minimum atomic E-state index is -0.542. The van der Waals surface area contributed by atoms with Crippen molar-refractivity contribution in [2.75, 3.05) is 46.4 Å². The normalized spacial score (nSPS) is 14.9. The second kappa shape index (κ2) is 9.96. The standard InChI is InChI=1S/C25H33N3O3/c1-19-7-5-6-8-22(19)25(2,3)24(30)28-17-15-27(16-18-28)14-13-26-23(29)20-9-11-21(31-4)12-10-20/h5-12H,13-18H2,1-4H3,(H,26,29). The summed E-state index contributed by atoms with van der Waals surface area (Å²) in [6.45, 7) is 10.5. The van der Waals surface area contributed by atoms with Crippen molar-refractivity contribution < 1.29 is 14.3 Å². The first-order valence-corrected chi connectivity index (χ1v) is 10.8. The van der Waals surface area contributed by atoms with E-state index in [0.717, 1.165) is 36.5 Å². The molecule has 2 aromatic rings. The van der Waals surface area contributed by atoms with Crippen LogP contribution in [0.1, 0.15) is 35.3 Å².